The van der Waals surface area contributed by atoms with Crippen molar-refractivity contribution in [2.75, 3.05) is 13.1 Å². The molecule has 0 bridgehead atoms. The van der Waals surface area contributed by atoms with Crippen LogP contribution in [-0.4, -0.2) is 31.9 Å². The number of furan rings is 1. The van der Waals surface area contributed by atoms with Gasteiger partial charge in [-0.1, -0.05) is 27.7 Å². The molecule has 1 aromatic rings. The second-order valence-electron chi connectivity index (χ2n) is 4.75. The Kier molecular flexibility index (Phi) is 6.03. The van der Waals surface area contributed by atoms with Crippen molar-refractivity contribution in [2.24, 2.45) is 0 Å². The fourth-order valence-corrected chi connectivity index (χ4v) is 3.19. The summed E-state index contributed by atoms with van der Waals surface area (Å²) in [6.45, 7) is 9.35. The summed E-state index contributed by atoms with van der Waals surface area (Å²) >= 11 is 0. The highest BCUT2D eigenvalue weighted by molar-refractivity contribution is 7.89. The third-order valence-corrected chi connectivity index (χ3v) is 4.59. The van der Waals surface area contributed by atoms with Crippen molar-refractivity contribution >= 4 is 10.0 Å². The van der Waals surface area contributed by atoms with Gasteiger partial charge < -0.3 is 9.73 Å². The van der Waals surface area contributed by atoms with Gasteiger partial charge in [-0.3, -0.25) is 0 Å². The van der Waals surface area contributed by atoms with E-state index >= 15 is 0 Å². The number of nitrogens with one attached hydrogen (secondary N) is 1. The fraction of sp³-hybridized carbons (Fsp3) is 0.692. The maximum Gasteiger partial charge on any atom is 0.276 e. The molecular formula is C13H24N2O3S. The second-order valence-corrected chi connectivity index (χ2v) is 6.62. The van der Waals surface area contributed by atoms with E-state index < -0.39 is 10.0 Å². The van der Waals surface area contributed by atoms with Gasteiger partial charge in [-0.15, -0.1) is 0 Å². The number of rotatable bonds is 8. The summed E-state index contributed by atoms with van der Waals surface area (Å²) in [5.74, 6) is 0.639. The van der Waals surface area contributed by atoms with Crippen LogP contribution in [0.4, 0.5) is 0 Å². The topological polar surface area (TPSA) is 62.6 Å². The molecule has 0 amide bonds. The Bertz CT molecular complexity index is 480. The minimum Gasteiger partial charge on any atom is -0.447 e. The van der Waals surface area contributed by atoms with Crippen LogP contribution in [0, 0.1) is 0 Å². The zero-order valence-electron chi connectivity index (χ0n) is 12.1. The number of sulfonamides is 1. The third kappa shape index (κ3) is 4.33. The standard InChI is InChI=1S/C13H24N2O3S/c1-5-9-15(6-2)19(16,17)13-8-7-12(18-13)10-14-11(3)4/h7-8,11,14H,5-6,9-10H2,1-4H3. The summed E-state index contributed by atoms with van der Waals surface area (Å²) in [6, 6.07) is 3.57. The van der Waals surface area contributed by atoms with E-state index in [4.69, 9.17) is 4.42 Å². The van der Waals surface area contributed by atoms with Crippen LogP contribution in [-0.2, 0) is 16.6 Å². The molecule has 1 rings (SSSR count). The van der Waals surface area contributed by atoms with Gasteiger partial charge in [0, 0.05) is 19.1 Å². The lowest BCUT2D eigenvalue weighted by molar-refractivity contribution is 0.365. The molecule has 19 heavy (non-hydrogen) atoms. The summed E-state index contributed by atoms with van der Waals surface area (Å²) in [7, 11) is -3.49. The highest BCUT2D eigenvalue weighted by Gasteiger charge is 2.25. The van der Waals surface area contributed by atoms with Crippen LogP contribution in [0.2, 0.25) is 0 Å². The minimum atomic E-state index is -3.49. The lowest BCUT2D eigenvalue weighted by Gasteiger charge is -2.17. The molecule has 0 aromatic carbocycles. The molecule has 0 atom stereocenters. The van der Waals surface area contributed by atoms with E-state index in [0.29, 0.717) is 31.4 Å². The molecule has 5 nitrogen and oxygen atoms in total. The zero-order chi connectivity index (χ0) is 14.5. The normalized spacial score (nSPS) is 12.5. The van der Waals surface area contributed by atoms with E-state index in [0.717, 1.165) is 6.42 Å². The molecule has 1 aromatic heterocycles. The van der Waals surface area contributed by atoms with Crippen LogP contribution < -0.4 is 5.32 Å². The highest BCUT2D eigenvalue weighted by atomic mass is 32.2. The zero-order valence-corrected chi connectivity index (χ0v) is 13.0. The molecule has 0 fully saturated rings. The van der Waals surface area contributed by atoms with Crippen molar-refractivity contribution in [3.63, 3.8) is 0 Å². The minimum absolute atomic E-state index is 0.0309. The van der Waals surface area contributed by atoms with Crippen molar-refractivity contribution in [3.8, 4) is 0 Å². The van der Waals surface area contributed by atoms with E-state index in [1.807, 2.05) is 27.7 Å². The Morgan fingerprint density at radius 1 is 1.32 bits per heavy atom. The average molecular weight is 288 g/mol. The molecule has 0 aliphatic carbocycles. The van der Waals surface area contributed by atoms with Crippen molar-refractivity contribution in [1.29, 1.82) is 0 Å². The predicted molar refractivity (Wildman–Crippen MR) is 75.4 cm³/mol. The predicted octanol–water partition coefficient (Wildman–Crippen LogP) is 2.20. The van der Waals surface area contributed by atoms with Crippen molar-refractivity contribution in [1.82, 2.24) is 9.62 Å². The molecule has 0 radical (unpaired) electrons. The highest BCUT2D eigenvalue weighted by Crippen LogP contribution is 2.19. The first kappa shape index (κ1) is 16.2. The van der Waals surface area contributed by atoms with Crippen molar-refractivity contribution in [3.05, 3.63) is 17.9 Å². The first-order valence-corrected chi connectivity index (χ1v) is 8.18. The molecule has 110 valence electrons. The molecule has 1 N–H and O–H groups in total. The lowest BCUT2D eigenvalue weighted by Crippen LogP contribution is -2.31. The molecular weight excluding hydrogens is 264 g/mol. The summed E-state index contributed by atoms with van der Waals surface area (Å²) in [5, 5.41) is 3.22. The van der Waals surface area contributed by atoms with Gasteiger partial charge in [0.25, 0.3) is 10.0 Å². The second kappa shape index (κ2) is 7.07. The van der Waals surface area contributed by atoms with E-state index in [9.17, 15) is 8.42 Å². The quantitative estimate of drug-likeness (QED) is 0.796. The summed E-state index contributed by atoms with van der Waals surface area (Å²) in [5.41, 5.74) is 0. The van der Waals surface area contributed by atoms with E-state index in [2.05, 4.69) is 5.32 Å². The van der Waals surface area contributed by atoms with Gasteiger partial charge in [-0.2, -0.15) is 4.31 Å². The monoisotopic (exact) mass is 288 g/mol. The molecule has 0 saturated carbocycles. The van der Waals surface area contributed by atoms with Gasteiger partial charge >= 0.3 is 0 Å². The molecule has 0 spiro atoms. The largest absolute Gasteiger partial charge is 0.447 e. The van der Waals surface area contributed by atoms with Crippen LogP contribution in [0.5, 0.6) is 0 Å². The van der Waals surface area contributed by atoms with Gasteiger partial charge in [0.2, 0.25) is 5.09 Å². The fourth-order valence-electron chi connectivity index (χ4n) is 1.72. The van der Waals surface area contributed by atoms with Gasteiger partial charge in [-0.25, -0.2) is 8.42 Å². The molecule has 0 saturated heterocycles. The Labute approximate surface area is 116 Å². The molecule has 1 heterocycles. The summed E-state index contributed by atoms with van der Waals surface area (Å²) < 4.78 is 31.5. The SMILES string of the molecule is CCCN(CC)S(=O)(=O)c1ccc(CNC(C)C)o1. The first-order valence-electron chi connectivity index (χ1n) is 6.74. The first-order chi connectivity index (χ1) is 8.91. The van der Waals surface area contributed by atoms with E-state index in [1.54, 1.807) is 6.07 Å². The number of hydrogen-bond donors (Lipinski definition) is 1. The van der Waals surface area contributed by atoms with Gasteiger partial charge in [0.1, 0.15) is 5.76 Å². The van der Waals surface area contributed by atoms with Crippen molar-refractivity contribution < 1.29 is 12.8 Å². The number of nitrogens with zero attached hydrogens (tertiary/aromatic N) is 1. The van der Waals surface area contributed by atoms with E-state index in [1.165, 1.54) is 10.4 Å². The van der Waals surface area contributed by atoms with Crippen LogP contribution in [0.25, 0.3) is 0 Å². The van der Waals surface area contributed by atoms with Gasteiger partial charge in [0.05, 0.1) is 6.54 Å². The van der Waals surface area contributed by atoms with Crippen LogP contribution in [0.15, 0.2) is 21.6 Å². The Hall–Kier alpha value is -0.850. The van der Waals surface area contributed by atoms with Crippen LogP contribution >= 0.6 is 0 Å². The maximum atomic E-state index is 12.3. The smallest absolute Gasteiger partial charge is 0.276 e. The van der Waals surface area contributed by atoms with E-state index in [-0.39, 0.29) is 5.09 Å². The summed E-state index contributed by atoms with van der Waals surface area (Å²) in [6.07, 6.45) is 0.787. The Balaban J connectivity index is 2.84. The van der Waals surface area contributed by atoms with Gasteiger partial charge in [-0.05, 0) is 18.6 Å². The Morgan fingerprint density at radius 2 is 2.00 bits per heavy atom. The third-order valence-electron chi connectivity index (χ3n) is 2.74. The molecule has 0 aliphatic rings. The van der Waals surface area contributed by atoms with Crippen LogP contribution in [0.3, 0.4) is 0 Å². The summed E-state index contributed by atoms with van der Waals surface area (Å²) in [4.78, 5) is 0. The average Bonchev–Trinajstić information content (AvgIpc) is 2.82. The molecule has 0 unspecified atom stereocenters. The Morgan fingerprint density at radius 3 is 2.53 bits per heavy atom. The number of hydrogen-bond acceptors (Lipinski definition) is 4. The van der Waals surface area contributed by atoms with Crippen molar-refractivity contribution in [2.45, 2.75) is 51.8 Å². The molecule has 0 aliphatic heterocycles. The lowest BCUT2D eigenvalue weighted by atomic mass is 10.3. The van der Waals surface area contributed by atoms with Gasteiger partial charge in [0.15, 0.2) is 0 Å². The maximum absolute atomic E-state index is 12.3. The van der Waals surface area contributed by atoms with Crippen LogP contribution in [0.1, 0.15) is 39.9 Å². The molecule has 6 heteroatoms.